The van der Waals surface area contributed by atoms with Crippen LogP contribution in [0.1, 0.15) is 22.8 Å². The lowest BCUT2D eigenvalue weighted by molar-refractivity contribution is 0.864. The molecule has 0 fully saturated rings. The average molecular weight is 307 g/mol. The zero-order chi connectivity index (χ0) is 16.7. The van der Waals surface area contributed by atoms with Crippen molar-refractivity contribution < 1.29 is 0 Å². The summed E-state index contributed by atoms with van der Waals surface area (Å²) in [5.41, 5.74) is 11.3. The molecule has 0 unspecified atom stereocenters. The molecule has 0 radical (unpaired) electrons. The van der Waals surface area contributed by atoms with Gasteiger partial charge in [-0.3, -0.25) is 5.10 Å². The molecule has 0 aliphatic carbocycles. The predicted octanol–water partition coefficient (Wildman–Crippen LogP) is 2.25. The van der Waals surface area contributed by atoms with Crippen LogP contribution in [0, 0.1) is 32.1 Å². The van der Waals surface area contributed by atoms with Crippen molar-refractivity contribution in [2.75, 3.05) is 5.73 Å². The monoisotopic (exact) mass is 307 g/mol. The summed E-state index contributed by atoms with van der Waals surface area (Å²) in [5.74, 6) is 1.07. The lowest BCUT2D eigenvalue weighted by Crippen LogP contribution is -2.03. The number of nitrogens with one attached hydrogen (secondary N) is 1. The molecule has 0 amide bonds. The van der Waals surface area contributed by atoms with E-state index in [9.17, 15) is 5.26 Å². The number of aromatic amines is 1. The SMILES string of the molecule is Cc1n[nH]c(C)c1-c1cc(-c2cnc(C)n2C)c(C#N)c(N)n1. The minimum atomic E-state index is 0.207. The highest BCUT2D eigenvalue weighted by Crippen LogP contribution is 2.33. The fourth-order valence-corrected chi connectivity index (χ4v) is 2.69. The van der Waals surface area contributed by atoms with Gasteiger partial charge in [-0.1, -0.05) is 0 Å². The summed E-state index contributed by atoms with van der Waals surface area (Å²) >= 11 is 0. The van der Waals surface area contributed by atoms with Gasteiger partial charge < -0.3 is 10.3 Å². The van der Waals surface area contributed by atoms with Crippen molar-refractivity contribution in [3.8, 4) is 28.6 Å². The number of nitrogens with two attached hydrogens (primary N) is 1. The molecular formula is C16H17N7. The van der Waals surface area contributed by atoms with E-state index in [1.807, 2.05) is 38.5 Å². The highest BCUT2D eigenvalue weighted by atomic mass is 15.1. The second kappa shape index (κ2) is 5.25. The van der Waals surface area contributed by atoms with E-state index < -0.39 is 0 Å². The summed E-state index contributed by atoms with van der Waals surface area (Å²) in [4.78, 5) is 8.70. The topological polar surface area (TPSA) is 109 Å². The average Bonchev–Trinajstić information content (AvgIpc) is 3.01. The highest BCUT2D eigenvalue weighted by molar-refractivity contribution is 5.79. The Kier molecular flexibility index (Phi) is 3.37. The minimum absolute atomic E-state index is 0.207. The Morgan fingerprint density at radius 3 is 2.57 bits per heavy atom. The van der Waals surface area contributed by atoms with Crippen LogP contribution in [0.3, 0.4) is 0 Å². The second-order valence-electron chi connectivity index (χ2n) is 5.49. The van der Waals surface area contributed by atoms with Crippen LogP contribution in [0.15, 0.2) is 12.3 Å². The van der Waals surface area contributed by atoms with Crippen LogP contribution in [0.2, 0.25) is 0 Å². The van der Waals surface area contributed by atoms with Gasteiger partial charge in [-0.2, -0.15) is 10.4 Å². The van der Waals surface area contributed by atoms with Gasteiger partial charge in [0.2, 0.25) is 0 Å². The maximum atomic E-state index is 9.47. The Balaban J connectivity index is 2.32. The van der Waals surface area contributed by atoms with Gasteiger partial charge in [0.05, 0.1) is 23.3 Å². The maximum absolute atomic E-state index is 9.47. The number of imidazole rings is 1. The number of aromatic nitrogens is 5. The first-order valence-corrected chi connectivity index (χ1v) is 7.15. The molecule has 0 spiro atoms. The van der Waals surface area contributed by atoms with E-state index in [0.717, 1.165) is 34.0 Å². The van der Waals surface area contributed by atoms with E-state index in [4.69, 9.17) is 5.73 Å². The number of H-pyrrole nitrogens is 1. The maximum Gasteiger partial charge on any atom is 0.142 e. The van der Waals surface area contributed by atoms with Gasteiger partial charge in [-0.25, -0.2) is 9.97 Å². The molecule has 3 N–H and O–H groups in total. The Labute approximate surface area is 133 Å². The summed E-state index contributed by atoms with van der Waals surface area (Å²) in [7, 11) is 1.91. The Bertz CT molecular complexity index is 921. The van der Waals surface area contributed by atoms with Crippen LogP contribution in [-0.4, -0.2) is 24.7 Å². The Hall–Kier alpha value is -3.14. The van der Waals surface area contributed by atoms with Gasteiger partial charge in [-0.15, -0.1) is 0 Å². The number of hydrogen-bond acceptors (Lipinski definition) is 5. The second-order valence-corrected chi connectivity index (χ2v) is 5.49. The molecule has 0 bridgehead atoms. The molecule has 0 saturated heterocycles. The first-order valence-electron chi connectivity index (χ1n) is 7.15. The van der Waals surface area contributed by atoms with Gasteiger partial charge in [-0.05, 0) is 26.8 Å². The fourth-order valence-electron chi connectivity index (χ4n) is 2.69. The standard InChI is InChI=1S/C16H17N7/c1-8-15(9(2)22-21-8)13-5-11(12(6-17)16(18)20-13)14-7-19-10(3)23(14)4/h5,7H,1-4H3,(H2,18,20)(H,21,22). The van der Waals surface area contributed by atoms with Crippen LogP contribution >= 0.6 is 0 Å². The molecule has 3 rings (SSSR count). The van der Waals surface area contributed by atoms with E-state index in [-0.39, 0.29) is 5.82 Å². The molecule has 7 heteroatoms. The number of pyridine rings is 1. The Morgan fingerprint density at radius 2 is 2.04 bits per heavy atom. The van der Waals surface area contributed by atoms with Gasteiger partial charge in [0.25, 0.3) is 0 Å². The van der Waals surface area contributed by atoms with Crippen LogP contribution in [0.25, 0.3) is 22.5 Å². The van der Waals surface area contributed by atoms with E-state index in [2.05, 4.69) is 26.2 Å². The largest absolute Gasteiger partial charge is 0.383 e. The van der Waals surface area contributed by atoms with Crippen molar-refractivity contribution in [2.45, 2.75) is 20.8 Å². The third-order valence-corrected chi connectivity index (χ3v) is 4.04. The van der Waals surface area contributed by atoms with Gasteiger partial charge in [0.15, 0.2) is 0 Å². The van der Waals surface area contributed by atoms with E-state index in [1.165, 1.54) is 0 Å². The number of nitrogens with zero attached hydrogens (tertiary/aromatic N) is 5. The first kappa shape index (κ1) is 14.8. The quantitative estimate of drug-likeness (QED) is 0.754. The molecule has 0 saturated carbocycles. The molecule has 0 aliphatic heterocycles. The van der Waals surface area contributed by atoms with E-state index in [0.29, 0.717) is 11.3 Å². The van der Waals surface area contributed by atoms with Crippen LogP contribution in [0.5, 0.6) is 0 Å². The molecule has 23 heavy (non-hydrogen) atoms. The smallest absolute Gasteiger partial charge is 0.142 e. The number of anilines is 1. The highest BCUT2D eigenvalue weighted by Gasteiger charge is 2.19. The minimum Gasteiger partial charge on any atom is -0.383 e. The van der Waals surface area contributed by atoms with Crippen LogP contribution < -0.4 is 5.73 Å². The van der Waals surface area contributed by atoms with Crippen molar-refractivity contribution in [3.05, 3.63) is 35.0 Å². The molecule has 7 nitrogen and oxygen atoms in total. The van der Waals surface area contributed by atoms with Crippen LogP contribution in [0.4, 0.5) is 5.82 Å². The zero-order valence-corrected chi connectivity index (χ0v) is 13.5. The van der Waals surface area contributed by atoms with Crippen molar-refractivity contribution in [1.82, 2.24) is 24.7 Å². The third-order valence-electron chi connectivity index (χ3n) is 4.04. The normalized spacial score (nSPS) is 10.7. The summed E-state index contributed by atoms with van der Waals surface area (Å²) in [5, 5.41) is 16.6. The number of rotatable bonds is 2. The van der Waals surface area contributed by atoms with Crippen molar-refractivity contribution >= 4 is 5.82 Å². The molecule has 0 aromatic carbocycles. The number of nitriles is 1. The molecular weight excluding hydrogens is 290 g/mol. The molecule has 0 atom stereocenters. The molecule has 3 aromatic rings. The van der Waals surface area contributed by atoms with Crippen molar-refractivity contribution in [2.24, 2.45) is 7.05 Å². The lowest BCUT2D eigenvalue weighted by Gasteiger charge is -2.11. The molecule has 116 valence electrons. The summed E-state index contributed by atoms with van der Waals surface area (Å²) < 4.78 is 1.93. The van der Waals surface area contributed by atoms with E-state index >= 15 is 0 Å². The third kappa shape index (κ3) is 2.25. The molecule has 0 aliphatic rings. The van der Waals surface area contributed by atoms with Gasteiger partial charge in [0.1, 0.15) is 23.3 Å². The summed E-state index contributed by atoms with van der Waals surface area (Å²) in [6, 6.07) is 4.02. The van der Waals surface area contributed by atoms with Gasteiger partial charge >= 0.3 is 0 Å². The predicted molar refractivity (Wildman–Crippen MR) is 87.4 cm³/mol. The van der Waals surface area contributed by atoms with E-state index in [1.54, 1.807) is 6.20 Å². The summed E-state index contributed by atoms with van der Waals surface area (Å²) in [6.45, 7) is 5.74. The number of aryl methyl sites for hydroxylation is 3. The Morgan fingerprint density at radius 1 is 1.30 bits per heavy atom. The zero-order valence-electron chi connectivity index (χ0n) is 13.5. The summed E-state index contributed by atoms with van der Waals surface area (Å²) in [6.07, 6.45) is 1.74. The van der Waals surface area contributed by atoms with Crippen LogP contribution in [-0.2, 0) is 7.05 Å². The molecule has 3 aromatic heterocycles. The van der Waals surface area contributed by atoms with Crippen molar-refractivity contribution in [1.29, 1.82) is 5.26 Å². The number of nitrogen functional groups attached to an aromatic ring is 1. The van der Waals surface area contributed by atoms with Gasteiger partial charge in [0, 0.05) is 23.9 Å². The fraction of sp³-hybridized carbons (Fsp3) is 0.250. The van der Waals surface area contributed by atoms with Crippen molar-refractivity contribution in [3.63, 3.8) is 0 Å². The molecule has 3 heterocycles. The number of hydrogen-bond donors (Lipinski definition) is 2. The lowest BCUT2D eigenvalue weighted by atomic mass is 10.0. The first-order chi connectivity index (χ1) is 10.9.